The first kappa shape index (κ1) is 15.0. The third-order valence-corrected chi connectivity index (χ3v) is 2.10. The molecule has 2 atom stereocenters. The van der Waals surface area contributed by atoms with Crippen molar-refractivity contribution in [3.8, 4) is 0 Å². The smallest absolute Gasteiger partial charge is 0.248 e. The number of aliphatic imine (C=N–C) groups is 1. The van der Waals surface area contributed by atoms with Crippen molar-refractivity contribution in [1.29, 1.82) is 0 Å². The first-order chi connectivity index (χ1) is 7.63. The summed E-state index contributed by atoms with van der Waals surface area (Å²) in [5, 5.41) is 18.1. The molecule has 0 saturated heterocycles. The number of nitrogens with zero attached hydrogens (tertiary/aromatic N) is 1. The maximum Gasteiger partial charge on any atom is 0.248 e. The summed E-state index contributed by atoms with van der Waals surface area (Å²) < 4.78 is 0. The molecule has 0 aromatic rings. The minimum Gasteiger partial charge on any atom is -0.396 e. The van der Waals surface area contributed by atoms with Gasteiger partial charge in [0.1, 0.15) is 0 Å². The molecule has 5 nitrogen and oxygen atoms in total. The van der Waals surface area contributed by atoms with E-state index >= 15 is 0 Å². The summed E-state index contributed by atoms with van der Waals surface area (Å²) in [6, 6.07) is 0. The molecule has 0 aliphatic heterocycles. The molecule has 2 unspecified atom stereocenters. The van der Waals surface area contributed by atoms with Gasteiger partial charge in [-0.2, -0.15) is 0 Å². The van der Waals surface area contributed by atoms with Crippen LogP contribution in [0, 0.1) is 5.92 Å². The van der Waals surface area contributed by atoms with E-state index in [1.54, 1.807) is 0 Å². The number of amides is 1. The van der Waals surface area contributed by atoms with Crippen molar-refractivity contribution < 1.29 is 15.0 Å². The number of aliphatic hydroxyl groups excluding tert-OH is 2. The van der Waals surface area contributed by atoms with E-state index < -0.39 is 12.0 Å². The Morgan fingerprint density at radius 3 is 2.75 bits per heavy atom. The molecular formula is C11H20N2O3. The van der Waals surface area contributed by atoms with Crippen molar-refractivity contribution in [1.82, 2.24) is 0 Å². The fourth-order valence-corrected chi connectivity index (χ4v) is 1.10. The van der Waals surface area contributed by atoms with Crippen LogP contribution in [0.5, 0.6) is 0 Å². The second-order valence-electron chi connectivity index (χ2n) is 3.55. The summed E-state index contributed by atoms with van der Waals surface area (Å²) in [5.74, 6) is -0.563. The minimum atomic E-state index is -0.860. The lowest BCUT2D eigenvalue weighted by atomic mass is 10.1. The Bertz CT molecular complexity index is 241. The zero-order valence-electron chi connectivity index (χ0n) is 9.38. The minimum absolute atomic E-state index is 0.0548. The van der Waals surface area contributed by atoms with Crippen LogP contribution in [-0.2, 0) is 4.79 Å². The van der Waals surface area contributed by atoms with Crippen LogP contribution in [0.25, 0.3) is 0 Å². The molecular weight excluding hydrogens is 208 g/mol. The molecule has 16 heavy (non-hydrogen) atoms. The van der Waals surface area contributed by atoms with Crippen molar-refractivity contribution in [2.75, 3.05) is 13.2 Å². The number of rotatable bonds is 8. The summed E-state index contributed by atoms with van der Waals surface area (Å²) in [4.78, 5) is 14.9. The van der Waals surface area contributed by atoms with E-state index in [0.717, 1.165) is 6.42 Å². The van der Waals surface area contributed by atoms with Crippen LogP contribution >= 0.6 is 0 Å². The van der Waals surface area contributed by atoms with Crippen molar-refractivity contribution >= 4 is 12.1 Å². The quantitative estimate of drug-likeness (QED) is 0.398. The van der Waals surface area contributed by atoms with Gasteiger partial charge in [0.2, 0.25) is 5.91 Å². The number of carbonyl (C=O) groups is 1. The Morgan fingerprint density at radius 2 is 2.25 bits per heavy atom. The molecule has 0 aliphatic rings. The van der Waals surface area contributed by atoms with Crippen molar-refractivity contribution in [3.63, 3.8) is 0 Å². The molecule has 0 aliphatic carbocycles. The lowest BCUT2D eigenvalue weighted by Gasteiger charge is -2.06. The van der Waals surface area contributed by atoms with Gasteiger partial charge in [-0.3, -0.25) is 4.79 Å². The molecule has 4 N–H and O–H groups in total. The predicted octanol–water partition coefficient (Wildman–Crippen LogP) is -0.132. The van der Waals surface area contributed by atoms with E-state index in [-0.39, 0.29) is 18.9 Å². The van der Waals surface area contributed by atoms with Crippen LogP contribution in [0.15, 0.2) is 17.6 Å². The molecule has 0 bridgehead atoms. The third-order valence-electron chi connectivity index (χ3n) is 2.10. The largest absolute Gasteiger partial charge is 0.396 e. The van der Waals surface area contributed by atoms with Crippen molar-refractivity contribution in [2.45, 2.75) is 25.4 Å². The van der Waals surface area contributed by atoms with Crippen LogP contribution < -0.4 is 5.73 Å². The van der Waals surface area contributed by atoms with Crippen LogP contribution in [0.1, 0.15) is 19.3 Å². The van der Waals surface area contributed by atoms with Gasteiger partial charge in [0.15, 0.2) is 0 Å². The highest BCUT2D eigenvalue weighted by molar-refractivity contribution is 5.86. The van der Waals surface area contributed by atoms with Gasteiger partial charge in [0.05, 0.1) is 19.1 Å². The first-order valence-electron chi connectivity index (χ1n) is 5.32. The zero-order chi connectivity index (χ0) is 12.4. The van der Waals surface area contributed by atoms with E-state index in [2.05, 4.69) is 11.6 Å². The molecule has 0 aromatic heterocycles. The summed E-state index contributed by atoms with van der Waals surface area (Å²) >= 11 is 0. The molecule has 92 valence electrons. The predicted molar refractivity (Wildman–Crippen MR) is 63.2 cm³/mol. The number of hydrogen-bond acceptors (Lipinski definition) is 4. The highest BCUT2D eigenvalue weighted by atomic mass is 16.3. The Labute approximate surface area is 95.7 Å². The summed E-state index contributed by atoms with van der Waals surface area (Å²) in [7, 11) is 0. The standard InChI is InChI=1S/C11H20N2O3/c1-2-10(15)6-11(16)13-7-9(8-14)4-3-5-12/h2,7,9-10,14-15H,1,3-6,8,12H2. The van der Waals surface area contributed by atoms with Crippen LogP contribution in [0.3, 0.4) is 0 Å². The van der Waals surface area contributed by atoms with Gasteiger partial charge in [-0.25, -0.2) is 4.99 Å². The molecule has 0 rings (SSSR count). The Hall–Kier alpha value is -1.04. The average Bonchev–Trinajstić information content (AvgIpc) is 2.29. The van der Waals surface area contributed by atoms with Crippen molar-refractivity contribution in [2.24, 2.45) is 16.6 Å². The van der Waals surface area contributed by atoms with E-state index in [0.29, 0.717) is 13.0 Å². The molecule has 5 heteroatoms. The summed E-state index contributed by atoms with van der Waals surface area (Å²) in [6.07, 6.45) is 3.25. The van der Waals surface area contributed by atoms with Crippen LogP contribution in [-0.4, -0.2) is 41.6 Å². The SMILES string of the molecule is C=CC(O)CC(=O)N=CC(CO)CCCN. The molecule has 0 heterocycles. The Morgan fingerprint density at radius 1 is 1.56 bits per heavy atom. The first-order valence-corrected chi connectivity index (χ1v) is 5.32. The molecule has 0 aromatic carbocycles. The number of carbonyl (C=O) groups excluding carboxylic acids is 1. The van der Waals surface area contributed by atoms with Gasteiger partial charge in [0.25, 0.3) is 0 Å². The lowest BCUT2D eigenvalue weighted by Crippen LogP contribution is -2.13. The van der Waals surface area contributed by atoms with Crippen LogP contribution in [0.4, 0.5) is 0 Å². The Kier molecular flexibility index (Phi) is 8.61. The number of aliphatic hydroxyl groups is 2. The zero-order valence-corrected chi connectivity index (χ0v) is 9.38. The second kappa shape index (κ2) is 9.21. The number of hydrogen-bond donors (Lipinski definition) is 3. The van der Waals surface area contributed by atoms with Gasteiger partial charge in [0, 0.05) is 12.1 Å². The third kappa shape index (κ3) is 7.28. The van der Waals surface area contributed by atoms with Gasteiger partial charge in [-0.15, -0.1) is 6.58 Å². The Balaban J connectivity index is 4.01. The molecule has 1 amide bonds. The lowest BCUT2D eigenvalue weighted by molar-refractivity contribution is -0.119. The second-order valence-corrected chi connectivity index (χ2v) is 3.55. The van der Waals surface area contributed by atoms with Gasteiger partial charge < -0.3 is 15.9 Å². The highest BCUT2D eigenvalue weighted by Gasteiger charge is 2.07. The van der Waals surface area contributed by atoms with Gasteiger partial charge in [-0.05, 0) is 19.4 Å². The molecule has 0 radical (unpaired) electrons. The summed E-state index contributed by atoms with van der Waals surface area (Å²) in [5.41, 5.74) is 5.33. The fourth-order valence-electron chi connectivity index (χ4n) is 1.10. The molecule has 0 fully saturated rings. The fraction of sp³-hybridized carbons (Fsp3) is 0.636. The maximum atomic E-state index is 11.2. The van der Waals surface area contributed by atoms with E-state index in [1.807, 2.05) is 0 Å². The van der Waals surface area contributed by atoms with E-state index in [9.17, 15) is 4.79 Å². The highest BCUT2D eigenvalue weighted by Crippen LogP contribution is 2.03. The normalized spacial score (nSPS) is 14.9. The van der Waals surface area contributed by atoms with Crippen molar-refractivity contribution in [3.05, 3.63) is 12.7 Å². The molecule has 0 spiro atoms. The monoisotopic (exact) mass is 228 g/mol. The number of nitrogens with two attached hydrogens (primary N) is 1. The van der Waals surface area contributed by atoms with E-state index in [1.165, 1.54) is 12.3 Å². The van der Waals surface area contributed by atoms with Crippen LogP contribution in [0.2, 0.25) is 0 Å². The summed E-state index contributed by atoms with van der Waals surface area (Å²) in [6.45, 7) is 3.85. The topological polar surface area (TPSA) is 95.9 Å². The average molecular weight is 228 g/mol. The van der Waals surface area contributed by atoms with Gasteiger partial charge in [-0.1, -0.05) is 6.08 Å². The van der Waals surface area contributed by atoms with Gasteiger partial charge >= 0.3 is 0 Å². The van der Waals surface area contributed by atoms with E-state index in [4.69, 9.17) is 15.9 Å². The maximum absolute atomic E-state index is 11.2. The molecule has 0 saturated carbocycles.